The average Bonchev–Trinajstić information content (AvgIpc) is 2.30. The largest absolute Gasteiger partial charge is 0.288 e. The molecular weight excluding hydrogens is 258 g/mol. The van der Waals surface area contributed by atoms with Crippen molar-refractivity contribution in [2.75, 3.05) is 0 Å². The maximum Gasteiger partial charge on any atom is 0.288 e. The predicted molar refractivity (Wildman–Crippen MR) is 66.6 cm³/mol. The molecule has 0 fully saturated rings. The van der Waals surface area contributed by atoms with Crippen molar-refractivity contribution in [3.63, 3.8) is 0 Å². The van der Waals surface area contributed by atoms with Crippen LogP contribution in [0.5, 0.6) is 0 Å². The third-order valence-electron chi connectivity index (χ3n) is 2.82. The zero-order valence-electron chi connectivity index (χ0n) is 9.46. The molecule has 2 atom stereocenters. The Morgan fingerprint density at radius 2 is 2.22 bits per heavy atom. The number of carbonyl (C=O) groups is 1. The summed E-state index contributed by atoms with van der Waals surface area (Å²) in [6.07, 6.45) is 1.60. The summed E-state index contributed by atoms with van der Waals surface area (Å²) in [4.78, 5) is 22.0. The van der Waals surface area contributed by atoms with Crippen LogP contribution >= 0.6 is 11.6 Å². The number of hydrazone groups is 1. The lowest BCUT2D eigenvalue weighted by molar-refractivity contribution is -0.384. The fourth-order valence-corrected chi connectivity index (χ4v) is 2.12. The highest BCUT2D eigenvalue weighted by Crippen LogP contribution is 2.32. The lowest BCUT2D eigenvalue weighted by atomic mass is 9.86. The zero-order valence-corrected chi connectivity index (χ0v) is 10.2. The molecule has 2 unspecified atom stereocenters. The van der Waals surface area contributed by atoms with Crippen LogP contribution in [0.3, 0.4) is 0 Å². The number of benzene rings is 1. The van der Waals surface area contributed by atoms with Crippen molar-refractivity contribution >= 4 is 29.4 Å². The minimum absolute atomic E-state index is 0.0567. The van der Waals surface area contributed by atoms with E-state index in [0.29, 0.717) is 5.56 Å². The second-order valence-corrected chi connectivity index (χ2v) is 4.47. The van der Waals surface area contributed by atoms with Crippen LogP contribution in [0.4, 0.5) is 5.69 Å². The Kier molecular flexibility index (Phi) is 3.29. The topological polar surface area (TPSA) is 84.6 Å². The second-order valence-electron chi connectivity index (χ2n) is 4.06. The highest BCUT2D eigenvalue weighted by Gasteiger charge is 2.30. The summed E-state index contributed by atoms with van der Waals surface area (Å²) in [5.41, 5.74) is 2.71. The molecule has 0 bridgehead atoms. The van der Waals surface area contributed by atoms with E-state index >= 15 is 0 Å². The van der Waals surface area contributed by atoms with E-state index in [1.165, 1.54) is 12.1 Å². The molecular formula is C11H10ClN3O3. The van der Waals surface area contributed by atoms with E-state index in [1.54, 1.807) is 12.3 Å². The minimum Gasteiger partial charge on any atom is -0.272 e. The molecule has 1 amide bonds. The van der Waals surface area contributed by atoms with Crippen molar-refractivity contribution in [1.82, 2.24) is 5.43 Å². The van der Waals surface area contributed by atoms with E-state index in [0.717, 1.165) is 0 Å². The Morgan fingerprint density at radius 1 is 1.50 bits per heavy atom. The van der Waals surface area contributed by atoms with Gasteiger partial charge in [0.1, 0.15) is 5.02 Å². The van der Waals surface area contributed by atoms with Crippen molar-refractivity contribution in [3.8, 4) is 0 Å². The first-order chi connectivity index (χ1) is 8.50. The molecule has 0 aromatic heterocycles. The highest BCUT2D eigenvalue weighted by atomic mass is 35.5. The molecule has 1 heterocycles. The van der Waals surface area contributed by atoms with Crippen LogP contribution in [0, 0.1) is 16.0 Å². The molecule has 18 heavy (non-hydrogen) atoms. The standard InChI is InChI=1S/C11H10ClN3O3/c1-6-5-13-14-11(16)10(6)7-2-3-8(12)9(4-7)15(17)18/h2-6,10H,1H3,(H,14,16). The van der Waals surface area contributed by atoms with Crippen LogP contribution in [0.1, 0.15) is 18.4 Å². The number of rotatable bonds is 2. The van der Waals surface area contributed by atoms with E-state index in [2.05, 4.69) is 10.5 Å². The summed E-state index contributed by atoms with van der Waals surface area (Å²) in [6, 6.07) is 4.39. The maximum atomic E-state index is 11.7. The summed E-state index contributed by atoms with van der Waals surface area (Å²) in [6.45, 7) is 1.83. The van der Waals surface area contributed by atoms with E-state index in [1.807, 2.05) is 6.92 Å². The second kappa shape index (κ2) is 4.73. The Labute approximate surface area is 108 Å². The number of hydrogen-bond donors (Lipinski definition) is 1. The molecule has 0 radical (unpaired) electrons. The van der Waals surface area contributed by atoms with Crippen LogP contribution < -0.4 is 5.43 Å². The van der Waals surface area contributed by atoms with E-state index < -0.39 is 10.8 Å². The summed E-state index contributed by atoms with van der Waals surface area (Å²) >= 11 is 5.73. The third-order valence-corrected chi connectivity index (χ3v) is 3.14. The fourth-order valence-electron chi connectivity index (χ4n) is 1.93. The normalized spacial score (nSPS) is 22.7. The van der Waals surface area contributed by atoms with Gasteiger partial charge in [-0.2, -0.15) is 5.10 Å². The molecule has 0 saturated carbocycles. The lowest BCUT2D eigenvalue weighted by Gasteiger charge is -2.23. The SMILES string of the molecule is CC1C=NNC(=O)C1c1ccc(Cl)c([N+](=O)[O-])c1. The van der Waals surface area contributed by atoms with Gasteiger partial charge in [-0.1, -0.05) is 24.6 Å². The Bertz CT molecular complexity index is 544. The molecule has 1 N–H and O–H groups in total. The maximum absolute atomic E-state index is 11.7. The lowest BCUT2D eigenvalue weighted by Crippen LogP contribution is -2.34. The van der Waals surface area contributed by atoms with Gasteiger partial charge in [-0.15, -0.1) is 0 Å². The van der Waals surface area contributed by atoms with Gasteiger partial charge >= 0.3 is 0 Å². The molecule has 94 valence electrons. The molecule has 1 aromatic rings. The van der Waals surface area contributed by atoms with Gasteiger partial charge in [0.2, 0.25) is 5.91 Å². The molecule has 1 aromatic carbocycles. The summed E-state index contributed by atoms with van der Waals surface area (Å²) < 4.78 is 0. The molecule has 1 aliphatic rings. The van der Waals surface area contributed by atoms with Crippen molar-refractivity contribution in [2.24, 2.45) is 11.0 Å². The van der Waals surface area contributed by atoms with Gasteiger partial charge in [-0.05, 0) is 11.6 Å². The number of nitro benzene ring substituents is 1. The van der Waals surface area contributed by atoms with Gasteiger partial charge in [0.05, 0.1) is 10.8 Å². The van der Waals surface area contributed by atoms with Crippen molar-refractivity contribution in [3.05, 3.63) is 38.9 Å². The van der Waals surface area contributed by atoms with Crippen molar-refractivity contribution in [2.45, 2.75) is 12.8 Å². The quantitative estimate of drug-likeness (QED) is 0.658. The number of nitro groups is 1. The van der Waals surface area contributed by atoms with Gasteiger partial charge in [0.15, 0.2) is 0 Å². The number of halogens is 1. The first kappa shape index (κ1) is 12.5. The third kappa shape index (κ3) is 2.19. The molecule has 2 rings (SSSR count). The van der Waals surface area contributed by atoms with Crippen LogP contribution in [0.2, 0.25) is 5.02 Å². The summed E-state index contributed by atoms with van der Waals surface area (Å²) in [5.74, 6) is -0.889. The van der Waals surface area contributed by atoms with Crippen LogP contribution in [0.15, 0.2) is 23.3 Å². The van der Waals surface area contributed by atoms with Gasteiger partial charge in [0, 0.05) is 18.2 Å². The monoisotopic (exact) mass is 267 g/mol. The van der Waals surface area contributed by atoms with Gasteiger partial charge < -0.3 is 0 Å². The first-order valence-electron chi connectivity index (χ1n) is 5.27. The number of amides is 1. The van der Waals surface area contributed by atoms with Crippen LogP contribution in [-0.4, -0.2) is 17.0 Å². The highest BCUT2D eigenvalue weighted by molar-refractivity contribution is 6.32. The zero-order chi connectivity index (χ0) is 13.3. The summed E-state index contributed by atoms with van der Waals surface area (Å²) in [5, 5.41) is 14.6. The number of carbonyl (C=O) groups excluding carboxylic acids is 1. The Balaban J connectivity index is 2.45. The molecule has 0 aliphatic carbocycles. The molecule has 0 saturated heterocycles. The Hall–Kier alpha value is -1.95. The van der Waals surface area contributed by atoms with Crippen LogP contribution in [-0.2, 0) is 4.79 Å². The van der Waals surface area contributed by atoms with E-state index in [4.69, 9.17) is 11.6 Å². The first-order valence-corrected chi connectivity index (χ1v) is 5.65. The van der Waals surface area contributed by atoms with Gasteiger partial charge in [-0.25, -0.2) is 5.43 Å². The molecule has 7 heteroatoms. The van der Waals surface area contributed by atoms with E-state index in [9.17, 15) is 14.9 Å². The smallest absolute Gasteiger partial charge is 0.272 e. The van der Waals surface area contributed by atoms with Crippen LogP contribution in [0.25, 0.3) is 0 Å². The number of nitrogens with zero attached hydrogens (tertiary/aromatic N) is 2. The average molecular weight is 268 g/mol. The fraction of sp³-hybridized carbons (Fsp3) is 0.273. The minimum atomic E-state index is -0.564. The van der Waals surface area contributed by atoms with Gasteiger partial charge in [-0.3, -0.25) is 14.9 Å². The Morgan fingerprint density at radius 3 is 2.83 bits per heavy atom. The molecule has 6 nitrogen and oxygen atoms in total. The van der Waals surface area contributed by atoms with Gasteiger partial charge in [0.25, 0.3) is 5.69 Å². The number of nitrogens with one attached hydrogen (secondary N) is 1. The summed E-state index contributed by atoms with van der Waals surface area (Å²) in [7, 11) is 0. The van der Waals surface area contributed by atoms with E-state index in [-0.39, 0.29) is 22.5 Å². The molecule has 1 aliphatic heterocycles. The predicted octanol–water partition coefficient (Wildman–Crippen LogP) is 2.08. The molecule has 0 spiro atoms. The number of hydrogen-bond acceptors (Lipinski definition) is 4. The van der Waals surface area contributed by atoms with Crippen molar-refractivity contribution < 1.29 is 9.72 Å². The van der Waals surface area contributed by atoms with Crippen molar-refractivity contribution in [1.29, 1.82) is 0 Å².